The van der Waals surface area contributed by atoms with E-state index in [4.69, 9.17) is 9.47 Å². The highest BCUT2D eigenvalue weighted by molar-refractivity contribution is 5.73. The first-order valence-electron chi connectivity index (χ1n) is 4.79. The molecule has 1 fully saturated rings. The zero-order valence-electron chi connectivity index (χ0n) is 8.57. The second kappa shape index (κ2) is 5.78. The number of hydrogen-bond donors (Lipinski definition) is 0. The van der Waals surface area contributed by atoms with E-state index in [9.17, 15) is 4.79 Å². The highest BCUT2D eigenvalue weighted by Crippen LogP contribution is 2.05. The van der Waals surface area contributed by atoms with E-state index in [-0.39, 0.29) is 12.0 Å². The molecule has 1 rings (SSSR count). The molecule has 0 aromatic heterocycles. The van der Waals surface area contributed by atoms with Gasteiger partial charge in [0.15, 0.2) is 0 Å². The minimum atomic E-state index is 0.00704. The maximum Gasteiger partial charge on any atom is 0.219 e. The van der Waals surface area contributed by atoms with Crippen LogP contribution in [-0.4, -0.2) is 49.8 Å². The van der Waals surface area contributed by atoms with E-state index in [2.05, 4.69) is 6.58 Å². The van der Waals surface area contributed by atoms with Crippen molar-refractivity contribution >= 4 is 5.91 Å². The smallest absolute Gasteiger partial charge is 0.219 e. The highest BCUT2D eigenvalue weighted by atomic mass is 16.5. The molecule has 0 aromatic rings. The molecule has 4 heteroatoms. The minimum absolute atomic E-state index is 0.00704. The maximum atomic E-state index is 11.1. The fourth-order valence-corrected chi connectivity index (χ4v) is 1.39. The number of carbonyl (C=O) groups is 1. The topological polar surface area (TPSA) is 38.8 Å². The summed E-state index contributed by atoms with van der Waals surface area (Å²) in [5, 5.41) is 0. The van der Waals surface area contributed by atoms with Crippen LogP contribution in [0, 0.1) is 0 Å². The highest BCUT2D eigenvalue weighted by Gasteiger charge is 2.21. The van der Waals surface area contributed by atoms with Crippen molar-refractivity contribution in [2.45, 2.75) is 13.0 Å². The van der Waals surface area contributed by atoms with E-state index in [1.807, 2.05) is 0 Å². The molecule has 1 aliphatic heterocycles. The fraction of sp³-hybridized carbons (Fsp3) is 0.700. The summed E-state index contributed by atoms with van der Waals surface area (Å²) in [4.78, 5) is 12.9. The molecule has 0 radical (unpaired) electrons. The van der Waals surface area contributed by atoms with Crippen molar-refractivity contribution in [2.24, 2.45) is 0 Å². The lowest BCUT2D eigenvalue weighted by molar-refractivity contribution is -0.138. The lowest BCUT2D eigenvalue weighted by Crippen LogP contribution is -2.46. The SMILES string of the molecule is C=CCOCC1CN(C(C)=O)CCO1. The summed E-state index contributed by atoms with van der Waals surface area (Å²) in [6.07, 6.45) is 1.71. The van der Waals surface area contributed by atoms with Crippen LogP contribution in [0.2, 0.25) is 0 Å². The standard InChI is InChI=1S/C10H17NO3/c1-3-5-13-8-10-7-11(9(2)12)4-6-14-10/h3,10H,1,4-8H2,2H3. The molecule has 1 unspecified atom stereocenters. The number of hydrogen-bond acceptors (Lipinski definition) is 3. The molecule has 0 spiro atoms. The fourth-order valence-electron chi connectivity index (χ4n) is 1.39. The van der Waals surface area contributed by atoms with E-state index in [1.165, 1.54) is 0 Å². The third-order valence-corrected chi connectivity index (χ3v) is 2.12. The van der Waals surface area contributed by atoms with Crippen molar-refractivity contribution in [3.63, 3.8) is 0 Å². The first-order chi connectivity index (χ1) is 6.74. The van der Waals surface area contributed by atoms with Crippen LogP contribution < -0.4 is 0 Å². The van der Waals surface area contributed by atoms with Gasteiger partial charge in [0.25, 0.3) is 0 Å². The second-order valence-corrected chi connectivity index (χ2v) is 3.28. The Balaban J connectivity index is 2.25. The average molecular weight is 199 g/mol. The van der Waals surface area contributed by atoms with Gasteiger partial charge >= 0.3 is 0 Å². The van der Waals surface area contributed by atoms with Crippen LogP contribution in [0.15, 0.2) is 12.7 Å². The molecule has 14 heavy (non-hydrogen) atoms. The predicted octanol–water partition coefficient (Wildman–Crippen LogP) is 0.436. The second-order valence-electron chi connectivity index (χ2n) is 3.28. The van der Waals surface area contributed by atoms with E-state index in [0.29, 0.717) is 32.9 Å². The van der Waals surface area contributed by atoms with Crippen LogP contribution >= 0.6 is 0 Å². The van der Waals surface area contributed by atoms with Gasteiger partial charge in [-0.05, 0) is 0 Å². The van der Waals surface area contributed by atoms with Crippen molar-refractivity contribution in [3.05, 3.63) is 12.7 Å². The summed E-state index contributed by atoms with van der Waals surface area (Å²) in [7, 11) is 0. The molecule has 1 saturated heterocycles. The first-order valence-corrected chi connectivity index (χ1v) is 4.79. The van der Waals surface area contributed by atoms with Crippen molar-refractivity contribution in [1.82, 2.24) is 4.90 Å². The van der Waals surface area contributed by atoms with E-state index >= 15 is 0 Å². The number of nitrogens with zero attached hydrogens (tertiary/aromatic N) is 1. The van der Waals surface area contributed by atoms with Gasteiger partial charge in [0.1, 0.15) is 0 Å². The van der Waals surface area contributed by atoms with Crippen molar-refractivity contribution in [2.75, 3.05) is 32.9 Å². The summed E-state index contributed by atoms with van der Waals surface area (Å²) in [5.41, 5.74) is 0. The Morgan fingerprint density at radius 2 is 2.57 bits per heavy atom. The van der Waals surface area contributed by atoms with Gasteiger partial charge < -0.3 is 14.4 Å². The van der Waals surface area contributed by atoms with Crippen molar-refractivity contribution in [1.29, 1.82) is 0 Å². The van der Waals surface area contributed by atoms with Gasteiger partial charge in [0, 0.05) is 20.0 Å². The molecule has 0 N–H and O–H groups in total. The Bertz CT molecular complexity index is 206. The summed E-state index contributed by atoms with van der Waals surface area (Å²) in [6.45, 7) is 8.10. The first kappa shape index (κ1) is 11.2. The number of morpholine rings is 1. The van der Waals surface area contributed by atoms with Gasteiger partial charge in [-0.3, -0.25) is 4.79 Å². The molecule has 1 atom stereocenters. The van der Waals surface area contributed by atoms with Gasteiger partial charge in [-0.15, -0.1) is 6.58 Å². The average Bonchev–Trinajstić information content (AvgIpc) is 2.19. The van der Waals surface area contributed by atoms with E-state index < -0.39 is 0 Å². The molecule has 0 saturated carbocycles. The van der Waals surface area contributed by atoms with Crippen LogP contribution in [0.5, 0.6) is 0 Å². The largest absolute Gasteiger partial charge is 0.375 e. The van der Waals surface area contributed by atoms with Gasteiger partial charge in [-0.25, -0.2) is 0 Å². The molecule has 4 nitrogen and oxygen atoms in total. The zero-order valence-corrected chi connectivity index (χ0v) is 8.57. The molecule has 1 heterocycles. The van der Waals surface area contributed by atoms with Crippen LogP contribution in [-0.2, 0) is 14.3 Å². The summed E-state index contributed by atoms with van der Waals surface area (Å²) in [5.74, 6) is 0.0991. The monoisotopic (exact) mass is 199 g/mol. The number of rotatable bonds is 4. The molecule has 1 aliphatic rings. The van der Waals surface area contributed by atoms with E-state index in [0.717, 1.165) is 0 Å². The molecular formula is C10H17NO3. The number of amides is 1. The van der Waals surface area contributed by atoms with Gasteiger partial charge in [-0.2, -0.15) is 0 Å². The van der Waals surface area contributed by atoms with Gasteiger partial charge in [-0.1, -0.05) is 6.08 Å². The van der Waals surface area contributed by atoms with Crippen LogP contribution in [0.25, 0.3) is 0 Å². The molecule has 0 aromatic carbocycles. The Morgan fingerprint density at radius 1 is 1.79 bits per heavy atom. The van der Waals surface area contributed by atoms with Crippen LogP contribution in [0.3, 0.4) is 0 Å². The molecule has 1 amide bonds. The van der Waals surface area contributed by atoms with Crippen molar-refractivity contribution < 1.29 is 14.3 Å². The summed E-state index contributed by atoms with van der Waals surface area (Å²) < 4.78 is 10.7. The van der Waals surface area contributed by atoms with Gasteiger partial charge in [0.05, 0.1) is 25.9 Å². The Morgan fingerprint density at radius 3 is 3.21 bits per heavy atom. The number of carbonyl (C=O) groups excluding carboxylic acids is 1. The lowest BCUT2D eigenvalue weighted by atomic mass is 10.3. The lowest BCUT2D eigenvalue weighted by Gasteiger charge is -2.32. The Labute approximate surface area is 84.5 Å². The van der Waals surface area contributed by atoms with E-state index in [1.54, 1.807) is 17.9 Å². The van der Waals surface area contributed by atoms with Gasteiger partial charge in [0.2, 0.25) is 5.91 Å². The summed E-state index contributed by atoms with van der Waals surface area (Å²) in [6, 6.07) is 0. The third-order valence-electron chi connectivity index (χ3n) is 2.12. The Kier molecular flexibility index (Phi) is 4.62. The van der Waals surface area contributed by atoms with Crippen molar-refractivity contribution in [3.8, 4) is 0 Å². The minimum Gasteiger partial charge on any atom is -0.375 e. The quantitative estimate of drug-likeness (QED) is 0.487. The van der Waals surface area contributed by atoms with Crippen LogP contribution in [0.4, 0.5) is 0 Å². The maximum absolute atomic E-state index is 11.1. The number of ether oxygens (including phenoxy) is 2. The molecular weight excluding hydrogens is 182 g/mol. The molecule has 0 aliphatic carbocycles. The molecule has 80 valence electrons. The molecule has 0 bridgehead atoms. The zero-order chi connectivity index (χ0) is 10.4. The normalized spacial score (nSPS) is 22.1. The summed E-state index contributed by atoms with van der Waals surface area (Å²) >= 11 is 0. The van der Waals surface area contributed by atoms with Crippen LogP contribution in [0.1, 0.15) is 6.92 Å². The Hall–Kier alpha value is -0.870. The predicted molar refractivity (Wildman–Crippen MR) is 53.0 cm³/mol. The third kappa shape index (κ3) is 3.47.